The van der Waals surface area contributed by atoms with Gasteiger partial charge in [0.05, 0.1) is 0 Å². The van der Waals surface area contributed by atoms with Crippen LogP contribution >= 0.6 is 0 Å². The average Bonchev–Trinajstić information content (AvgIpc) is 2.31. The Labute approximate surface area is 112 Å². The van der Waals surface area contributed by atoms with Crippen molar-refractivity contribution in [3.05, 3.63) is 35.4 Å². The Morgan fingerprint density at radius 3 is 2.37 bits per heavy atom. The molecular formula is C14H20F2N2O. The number of halogens is 2. The van der Waals surface area contributed by atoms with Gasteiger partial charge in [-0.25, -0.2) is 8.78 Å². The van der Waals surface area contributed by atoms with E-state index < -0.39 is 11.6 Å². The summed E-state index contributed by atoms with van der Waals surface area (Å²) in [6.07, 6.45) is 1.83. The molecule has 0 aliphatic rings. The molecule has 0 aromatic heterocycles. The molecule has 1 N–H and O–H groups in total. The van der Waals surface area contributed by atoms with E-state index >= 15 is 0 Å². The van der Waals surface area contributed by atoms with Gasteiger partial charge >= 0.3 is 0 Å². The Balaban J connectivity index is 2.15. The maximum Gasteiger partial charge on any atom is 0.222 e. The summed E-state index contributed by atoms with van der Waals surface area (Å²) < 4.78 is 25.8. The van der Waals surface area contributed by atoms with E-state index in [1.165, 1.54) is 12.1 Å². The van der Waals surface area contributed by atoms with Crippen LogP contribution in [0.5, 0.6) is 0 Å². The van der Waals surface area contributed by atoms with E-state index in [9.17, 15) is 13.6 Å². The van der Waals surface area contributed by atoms with Crippen molar-refractivity contribution in [3.8, 4) is 0 Å². The number of nitrogens with one attached hydrogen (secondary N) is 1. The Bertz CT molecular complexity index is 402. The van der Waals surface area contributed by atoms with Crippen molar-refractivity contribution in [2.45, 2.75) is 19.3 Å². The molecule has 0 bridgehead atoms. The second-order valence-electron chi connectivity index (χ2n) is 4.67. The number of amides is 1. The first-order valence-electron chi connectivity index (χ1n) is 6.35. The van der Waals surface area contributed by atoms with Gasteiger partial charge in [0.25, 0.3) is 0 Å². The molecular weight excluding hydrogens is 250 g/mol. The number of nitrogens with zero attached hydrogens (tertiary/aromatic N) is 1. The van der Waals surface area contributed by atoms with Crippen LogP contribution in [-0.4, -0.2) is 38.0 Å². The van der Waals surface area contributed by atoms with Crippen LogP contribution in [0.15, 0.2) is 18.2 Å². The van der Waals surface area contributed by atoms with Crippen LogP contribution in [0.3, 0.4) is 0 Å². The number of hydrogen-bond acceptors (Lipinski definition) is 2. The minimum atomic E-state index is -0.549. The van der Waals surface area contributed by atoms with Crippen LogP contribution < -0.4 is 5.32 Å². The zero-order valence-corrected chi connectivity index (χ0v) is 11.4. The Morgan fingerprint density at radius 1 is 1.16 bits per heavy atom. The summed E-state index contributed by atoms with van der Waals surface area (Å²) >= 11 is 0. The van der Waals surface area contributed by atoms with Crippen molar-refractivity contribution in [2.75, 3.05) is 27.2 Å². The van der Waals surface area contributed by atoms with Gasteiger partial charge in [-0.2, -0.15) is 0 Å². The van der Waals surface area contributed by atoms with Crippen LogP contribution in [0.2, 0.25) is 0 Å². The number of carbonyl (C=O) groups excluding carboxylic acids is 1. The zero-order chi connectivity index (χ0) is 14.3. The lowest BCUT2D eigenvalue weighted by Gasteiger charge is -2.10. The van der Waals surface area contributed by atoms with Crippen LogP contribution in [0.4, 0.5) is 8.78 Å². The van der Waals surface area contributed by atoms with Crippen LogP contribution in [-0.2, 0) is 11.2 Å². The standard InChI is InChI=1S/C14H20F2N2O/c1-18(2)14(19)4-3-6-17-7-5-11-8-12(15)10-13(16)9-11/h8-10,17H,3-7H2,1-2H3. The summed E-state index contributed by atoms with van der Waals surface area (Å²) in [7, 11) is 3.46. The third kappa shape index (κ3) is 6.29. The molecule has 0 aliphatic heterocycles. The first kappa shape index (κ1) is 15.6. The molecule has 0 aliphatic carbocycles. The number of rotatable bonds is 7. The molecule has 0 radical (unpaired) electrons. The Hall–Kier alpha value is -1.49. The van der Waals surface area contributed by atoms with Crippen molar-refractivity contribution in [3.63, 3.8) is 0 Å². The van der Waals surface area contributed by atoms with Crippen molar-refractivity contribution in [1.82, 2.24) is 10.2 Å². The molecule has 0 fully saturated rings. The second-order valence-corrected chi connectivity index (χ2v) is 4.67. The third-order valence-corrected chi connectivity index (χ3v) is 2.76. The van der Waals surface area contributed by atoms with Gasteiger partial charge in [0.15, 0.2) is 0 Å². The highest BCUT2D eigenvalue weighted by Crippen LogP contribution is 2.08. The summed E-state index contributed by atoms with van der Waals surface area (Å²) in [5, 5.41) is 3.15. The van der Waals surface area contributed by atoms with Crippen molar-refractivity contribution in [2.24, 2.45) is 0 Å². The van der Waals surface area contributed by atoms with E-state index in [1.54, 1.807) is 19.0 Å². The summed E-state index contributed by atoms with van der Waals surface area (Å²) in [5.74, 6) is -0.993. The second kappa shape index (κ2) is 7.84. The third-order valence-electron chi connectivity index (χ3n) is 2.76. The normalized spacial score (nSPS) is 10.5. The molecule has 1 aromatic carbocycles. The smallest absolute Gasteiger partial charge is 0.222 e. The highest BCUT2D eigenvalue weighted by atomic mass is 19.1. The predicted molar refractivity (Wildman–Crippen MR) is 70.9 cm³/mol. The SMILES string of the molecule is CN(C)C(=O)CCCNCCc1cc(F)cc(F)c1. The summed E-state index contributed by atoms with van der Waals surface area (Å²) in [4.78, 5) is 12.9. The first-order valence-corrected chi connectivity index (χ1v) is 6.35. The number of hydrogen-bond donors (Lipinski definition) is 1. The van der Waals surface area contributed by atoms with Gasteiger partial charge in [0.1, 0.15) is 11.6 Å². The van der Waals surface area contributed by atoms with Gasteiger partial charge in [-0.05, 0) is 43.6 Å². The molecule has 0 saturated carbocycles. The average molecular weight is 270 g/mol. The Kier molecular flexibility index (Phi) is 6.42. The van der Waals surface area contributed by atoms with Crippen molar-refractivity contribution in [1.29, 1.82) is 0 Å². The maximum atomic E-state index is 12.9. The van der Waals surface area contributed by atoms with E-state index in [2.05, 4.69) is 5.32 Å². The first-order chi connectivity index (χ1) is 8.99. The molecule has 0 atom stereocenters. The molecule has 0 heterocycles. The molecule has 3 nitrogen and oxygen atoms in total. The largest absolute Gasteiger partial charge is 0.349 e. The van der Waals surface area contributed by atoms with E-state index in [4.69, 9.17) is 0 Å². The predicted octanol–water partition coefficient (Wildman–Crippen LogP) is 1.97. The summed E-state index contributed by atoms with van der Waals surface area (Å²) in [6, 6.07) is 3.53. The van der Waals surface area contributed by atoms with Gasteiger partial charge in [0.2, 0.25) is 5.91 Å². The molecule has 1 rings (SSSR count). The highest BCUT2D eigenvalue weighted by Gasteiger charge is 2.03. The quantitative estimate of drug-likeness (QED) is 0.768. The molecule has 0 spiro atoms. The van der Waals surface area contributed by atoms with Crippen LogP contribution in [0, 0.1) is 11.6 Å². The van der Waals surface area contributed by atoms with Gasteiger partial charge in [0, 0.05) is 26.6 Å². The monoisotopic (exact) mass is 270 g/mol. The minimum absolute atomic E-state index is 0.106. The van der Waals surface area contributed by atoms with Crippen LogP contribution in [0.1, 0.15) is 18.4 Å². The fraction of sp³-hybridized carbons (Fsp3) is 0.500. The maximum absolute atomic E-state index is 12.9. The molecule has 1 amide bonds. The van der Waals surface area contributed by atoms with Crippen molar-refractivity contribution >= 4 is 5.91 Å². The molecule has 5 heteroatoms. The molecule has 106 valence electrons. The van der Waals surface area contributed by atoms with Crippen molar-refractivity contribution < 1.29 is 13.6 Å². The fourth-order valence-corrected chi connectivity index (χ4v) is 1.70. The van der Waals surface area contributed by atoms with E-state index in [0.29, 0.717) is 24.9 Å². The lowest BCUT2D eigenvalue weighted by Crippen LogP contribution is -2.24. The van der Waals surface area contributed by atoms with E-state index in [-0.39, 0.29) is 5.91 Å². The van der Waals surface area contributed by atoms with Crippen LogP contribution in [0.25, 0.3) is 0 Å². The number of benzene rings is 1. The van der Waals surface area contributed by atoms with Gasteiger partial charge in [-0.15, -0.1) is 0 Å². The highest BCUT2D eigenvalue weighted by molar-refractivity contribution is 5.75. The van der Waals surface area contributed by atoms with Gasteiger partial charge in [-0.1, -0.05) is 0 Å². The molecule has 0 saturated heterocycles. The number of carbonyl (C=O) groups is 1. The minimum Gasteiger partial charge on any atom is -0.349 e. The summed E-state index contributed by atoms with van der Waals surface area (Å²) in [6.45, 7) is 1.36. The lowest BCUT2D eigenvalue weighted by atomic mass is 10.1. The molecule has 1 aromatic rings. The van der Waals surface area contributed by atoms with E-state index in [1.807, 2.05) is 0 Å². The van der Waals surface area contributed by atoms with Gasteiger partial charge < -0.3 is 10.2 Å². The topological polar surface area (TPSA) is 32.3 Å². The lowest BCUT2D eigenvalue weighted by molar-refractivity contribution is -0.128. The molecule has 19 heavy (non-hydrogen) atoms. The summed E-state index contributed by atoms with van der Waals surface area (Å²) in [5.41, 5.74) is 0.634. The van der Waals surface area contributed by atoms with E-state index in [0.717, 1.165) is 19.0 Å². The Morgan fingerprint density at radius 2 is 1.79 bits per heavy atom. The fourth-order valence-electron chi connectivity index (χ4n) is 1.70. The molecule has 0 unspecified atom stereocenters. The zero-order valence-electron chi connectivity index (χ0n) is 11.4. The van der Waals surface area contributed by atoms with Gasteiger partial charge in [-0.3, -0.25) is 4.79 Å².